The average molecular weight is 357 g/mol. The molecule has 0 aliphatic heterocycles. The first-order valence-electron chi connectivity index (χ1n) is 6.10. The quantitative estimate of drug-likeness (QED) is 0.585. The summed E-state index contributed by atoms with van der Waals surface area (Å²) < 4.78 is 38.8. The molecule has 0 atom stereocenters. The van der Waals surface area contributed by atoms with Crippen LogP contribution in [-0.2, 0) is 6.18 Å². The van der Waals surface area contributed by atoms with Crippen LogP contribution in [0.15, 0.2) is 58.1 Å². The fraction of sp³-hybridized carbons (Fsp3) is 0.133. The van der Waals surface area contributed by atoms with Gasteiger partial charge in [-0.2, -0.15) is 18.3 Å². The summed E-state index contributed by atoms with van der Waals surface area (Å²) in [6, 6.07) is 12.4. The maximum absolute atomic E-state index is 12.6. The number of alkyl halides is 3. The Kier molecular flexibility index (Phi) is 4.67. The second-order valence-electron chi connectivity index (χ2n) is 4.39. The van der Waals surface area contributed by atoms with E-state index in [1.165, 1.54) is 12.1 Å². The third kappa shape index (κ3) is 4.32. The first-order chi connectivity index (χ1) is 9.86. The lowest BCUT2D eigenvalue weighted by Crippen LogP contribution is -2.05. The minimum atomic E-state index is -4.36. The van der Waals surface area contributed by atoms with Crippen molar-refractivity contribution in [2.24, 2.45) is 5.10 Å². The van der Waals surface area contributed by atoms with Crippen molar-refractivity contribution >= 4 is 27.3 Å². The molecule has 0 spiro atoms. The Morgan fingerprint density at radius 1 is 1.10 bits per heavy atom. The molecule has 0 saturated carbocycles. The molecule has 0 aliphatic carbocycles. The summed E-state index contributed by atoms with van der Waals surface area (Å²) in [7, 11) is 0. The molecule has 0 amide bonds. The highest BCUT2D eigenvalue weighted by molar-refractivity contribution is 9.10. The fourth-order valence-corrected chi connectivity index (χ4v) is 1.93. The molecule has 2 nitrogen and oxygen atoms in total. The second kappa shape index (κ2) is 6.30. The molecule has 0 radical (unpaired) electrons. The number of hydrogen-bond acceptors (Lipinski definition) is 2. The molecule has 1 N–H and O–H groups in total. The van der Waals surface area contributed by atoms with Gasteiger partial charge in [0.2, 0.25) is 0 Å². The zero-order valence-corrected chi connectivity index (χ0v) is 12.7. The summed E-state index contributed by atoms with van der Waals surface area (Å²) in [5.41, 5.74) is 3.80. The molecular weight excluding hydrogens is 345 g/mol. The van der Waals surface area contributed by atoms with Crippen LogP contribution in [-0.4, -0.2) is 5.71 Å². The molecule has 0 aliphatic rings. The van der Waals surface area contributed by atoms with E-state index >= 15 is 0 Å². The van der Waals surface area contributed by atoms with Gasteiger partial charge in [-0.15, -0.1) is 0 Å². The van der Waals surface area contributed by atoms with Gasteiger partial charge in [-0.1, -0.05) is 34.1 Å². The van der Waals surface area contributed by atoms with Crippen molar-refractivity contribution in [2.75, 3.05) is 5.43 Å². The smallest absolute Gasteiger partial charge is 0.278 e. The van der Waals surface area contributed by atoms with Crippen LogP contribution in [0.3, 0.4) is 0 Å². The van der Waals surface area contributed by atoms with Crippen LogP contribution in [0.2, 0.25) is 0 Å². The van der Waals surface area contributed by atoms with Gasteiger partial charge in [0.1, 0.15) is 0 Å². The van der Waals surface area contributed by atoms with E-state index in [-0.39, 0.29) is 0 Å². The van der Waals surface area contributed by atoms with Crippen molar-refractivity contribution in [1.82, 2.24) is 0 Å². The van der Waals surface area contributed by atoms with E-state index in [1.807, 2.05) is 24.3 Å². The molecule has 2 rings (SSSR count). The van der Waals surface area contributed by atoms with Gasteiger partial charge in [-0.3, -0.25) is 5.43 Å². The third-order valence-corrected chi connectivity index (χ3v) is 3.33. The Morgan fingerprint density at radius 3 is 2.38 bits per heavy atom. The standard InChI is InChI=1S/C15H12BrF3N2/c1-10(11-5-7-13(16)8-6-11)20-21-14-4-2-3-12(9-14)15(17,18)19/h2-9,21H,1H3. The summed E-state index contributed by atoms with van der Waals surface area (Å²) in [6.45, 7) is 1.78. The van der Waals surface area contributed by atoms with Crippen molar-refractivity contribution in [3.8, 4) is 0 Å². The Morgan fingerprint density at radius 2 is 1.76 bits per heavy atom. The highest BCUT2D eigenvalue weighted by Crippen LogP contribution is 2.30. The van der Waals surface area contributed by atoms with Crippen molar-refractivity contribution < 1.29 is 13.2 Å². The molecular formula is C15H12BrF3N2. The highest BCUT2D eigenvalue weighted by Gasteiger charge is 2.30. The van der Waals surface area contributed by atoms with Crippen LogP contribution in [0.25, 0.3) is 0 Å². The molecule has 110 valence electrons. The van der Waals surface area contributed by atoms with Crippen molar-refractivity contribution in [1.29, 1.82) is 0 Å². The summed E-state index contributed by atoms with van der Waals surface area (Å²) in [6.07, 6.45) is -4.36. The van der Waals surface area contributed by atoms with Gasteiger partial charge in [-0.05, 0) is 42.8 Å². The fourth-order valence-electron chi connectivity index (χ4n) is 1.67. The van der Waals surface area contributed by atoms with Gasteiger partial charge in [0.25, 0.3) is 0 Å². The van der Waals surface area contributed by atoms with Crippen LogP contribution < -0.4 is 5.43 Å². The number of rotatable bonds is 3. The van der Waals surface area contributed by atoms with E-state index in [0.717, 1.165) is 22.2 Å². The molecule has 6 heteroatoms. The number of halogens is 4. The van der Waals surface area contributed by atoms with Crippen LogP contribution in [0, 0.1) is 0 Å². The average Bonchev–Trinajstić information content (AvgIpc) is 2.45. The van der Waals surface area contributed by atoms with Crippen LogP contribution >= 0.6 is 15.9 Å². The van der Waals surface area contributed by atoms with Crippen molar-refractivity contribution in [3.63, 3.8) is 0 Å². The summed E-state index contributed by atoms with van der Waals surface area (Å²) in [5, 5.41) is 4.10. The number of anilines is 1. The van der Waals surface area contributed by atoms with Crippen molar-refractivity contribution in [2.45, 2.75) is 13.1 Å². The molecule has 0 bridgehead atoms. The molecule has 21 heavy (non-hydrogen) atoms. The number of nitrogens with one attached hydrogen (secondary N) is 1. The molecule has 0 saturated heterocycles. The van der Waals surface area contributed by atoms with E-state index in [2.05, 4.69) is 26.5 Å². The van der Waals surface area contributed by atoms with E-state index in [4.69, 9.17) is 0 Å². The van der Waals surface area contributed by atoms with E-state index in [0.29, 0.717) is 11.4 Å². The first-order valence-corrected chi connectivity index (χ1v) is 6.89. The topological polar surface area (TPSA) is 24.4 Å². The predicted molar refractivity (Wildman–Crippen MR) is 81.4 cm³/mol. The third-order valence-electron chi connectivity index (χ3n) is 2.80. The Bertz CT molecular complexity index is 649. The lowest BCUT2D eigenvalue weighted by atomic mass is 10.1. The van der Waals surface area contributed by atoms with Crippen molar-refractivity contribution in [3.05, 3.63) is 64.1 Å². The lowest BCUT2D eigenvalue weighted by Gasteiger charge is -2.09. The number of nitrogens with zero attached hydrogens (tertiary/aromatic N) is 1. The van der Waals surface area contributed by atoms with Gasteiger partial charge in [0.05, 0.1) is 17.0 Å². The zero-order valence-electron chi connectivity index (χ0n) is 11.1. The molecule has 2 aromatic carbocycles. The predicted octanol–water partition coefficient (Wildman–Crippen LogP) is 5.30. The van der Waals surface area contributed by atoms with Gasteiger partial charge >= 0.3 is 6.18 Å². The summed E-state index contributed by atoms with van der Waals surface area (Å²) in [4.78, 5) is 0. The molecule has 2 aromatic rings. The highest BCUT2D eigenvalue weighted by atomic mass is 79.9. The van der Waals surface area contributed by atoms with Crippen LogP contribution in [0.4, 0.5) is 18.9 Å². The SMILES string of the molecule is CC(=NNc1cccc(C(F)(F)F)c1)c1ccc(Br)cc1. The maximum Gasteiger partial charge on any atom is 0.416 e. The first kappa shape index (κ1) is 15.6. The lowest BCUT2D eigenvalue weighted by molar-refractivity contribution is -0.137. The Labute approximate surface area is 128 Å². The monoisotopic (exact) mass is 356 g/mol. The maximum atomic E-state index is 12.6. The normalized spacial score (nSPS) is 12.3. The molecule has 0 heterocycles. The van der Waals surface area contributed by atoms with E-state index in [1.54, 1.807) is 6.92 Å². The Hall–Kier alpha value is -1.82. The summed E-state index contributed by atoms with van der Waals surface area (Å²) >= 11 is 3.33. The van der Waals surface area contributed by atoms with Gasteiger partial charge < -0.3 is 0 Å². The minimum Gasteiger partial charge on any atom is -0.278 e. The molecule has 0 aromatic heterocycles. The van der Waals surface area contributed by atoms with Crippen LogP contribution in [0.5, 0.6) is 0 Å². The van der Waals surface area contributed by atoms with Gasteiger partial charge in [-0.25, -0.2) is 0 Å². The number of hydrazone groups is 1. The molecule has 0 fully saturated rings. The second-order valence-corrected chi connectivity index (χ2v) is 5.31. The van der Waals surface area contributed by atoms with Gasteiger partial charge in [0.15, 0.2) is 0 Å². The van der Waals surface area contributed by atoms with E-state index < -0.39 is 11.7 Å². The van der Waals surface area contributed by atoms with Gasteiger partial charge in [0, 0.05) is 4.47 Å². The largest absolute Gasteiger partial charge is 0.416 e. The Balaban J connectivity index is 2.15. The van der Waals surface area contributed by atoms with E-state index in [9.17, 15) is 13.2 Å². The van der Waals surface area contributed by atoms with Crippen LogP contribution in [0.1, 0.15) is 18.1 Å². The minimum absolute atomic E-state index is 0.293. The zero-order chi connectivity index (χ0) is 15.5. The number of benzene rings is 2. The molecule has 0 unspecified atom stereocenters. The summed E-state index contributed by atoms with van der Waals surface area (Å²) in [5.74, 6) is 0. The number of hydrogen-bond donors (Lipinski definition) is 1.